The summed E-state index contributed by atoms with van der Waals surface area (Å²) >= 11 is -1.41. The molecule has 19 heavy (non-hydrogen) atoms. The van der Waals surface area contributed by atoms with Gasteiger partial charge in [0.25, 0.3) is 0 Å². The maximum atomic E-state index is 4.55. The Balaban J connectivity index is 0.000000902. The van der Waals surface area contributed by atoms with Crippen molar-refractivity contribution < 1.29 is 42.2 Å². The minimum absolute atomic E-state index is 0. The van der Waals surface area contributed by atoms with Gasteiger partial charge in [-0.05, 0) is 0 Å². The molecular formula is C16H16Cl2Ti. The van der Waals surface area contributed by atoms with Gasteiger partial charge < -0.3 is 24.8 Å². The second kappa shape index (κ2) is 6.86. The van der Waals surface area contributed by atoms with Crippen LogP contribution in [-0.2, 0) is 17.4 Å². The topological polar surface area (TPSA) is 0 Å². The fraction of sp³-hybridized carbons (Fsp3) is 0.188. The predicted molar refractivity (Wildman–Crippen MR) is 71.8 cm³/mol. The first-order valence-corrected chi connectivity index (χ1v) is 8.88. The molecule has 0 spiro atoms. The average Bonchev–Trinajstić information content (AvgIpc) is 2.94. The summed E-state index contributed by atoms with van der Waals surface area (Å²) in [7, 11) is 0. The zero-order valence-electron chi connectivity index (χ0n) is 10.9. The average molecular weight is 327 g/mol. The van der Waals surface area contributed by atoms with Crippen molar-refractivity contribution >= 4 is 10.9 Å². The summed E-state index contributed by atoms with van der Waals surface area (Å²) in [6, 6.07) is 8.75. The molecule has 98 valence electrons. The molecule has 1 aromatic carbocycles. The van der Waals surface area contributed by atoms with Gasteiger partial charge in [0.05, 0.1) is 0 Å². The number of allylic oxidation sites excluding steroid dienone is 5. The summed E-state index contributed by atoms with van der Waals surface area (Å²) < 4.78 is 2.26. The monoisotopic (exact) mass is 326 g/mol. The van der Waals surface area contributed by atoms with Gasteiger partial charge in [-0.2, -0.15) is 0 Å². The Bertz CT molecular complexity index is 582. The number of hydrogen-bond acceptors (Lipinski definition) is 0. The summed E-state index contributed by atoms with van der Waals surface area (Å²) in [6.45, 7) is 2.19. The third kappa shape index (κ3) is 3.20. The van der Waals surface area contributed by atoms with Crippen molar-refractivity contribution in [3.63, 3.8) is 0 Å². The second-order valence-electron chi connectivity index (χ2n) is 4.81. The van der Waals surface area contributed by atoms with Crippen molar-refractivity contribution in [2.45, 2.75) is 17.6 Å². The van der Waals surface area contributed by atoms with Crippen LogP contribution in [0, 0.1) is 0 Å². The Morgan fingerprint density at radius 1 is 1.21 bits per heavy atom. The summed E-state index contributed by atoms with van der Waals surface area (Å²) in [6.07, 6.45) is 10.5. The SMILES string of the molecule is [CH2]=[Ti+2]([C]1=CC(C)=CC1)[CH]1C=Cc2ccccc21.[Cl-].[Cl-]. The molecule has 0 aromatic heterocycles. The molecule has 3 heteroatoms. The third-order valence-corrected chi connectivity index (χ3v) is 7.42. The molecule has 0 N–H and O–H groups in total. The van der Waals surface area contributed by atoms with Gasteiger partial charge in [-0.1, -0.05) is 0 Å². The van der Waals surface area contributed by atoms with E-state index in [0.29, 0.717) is 4.22 Å². The van der Waals surface area contributed by atoms with Crippen LogP contribution in [0.15, 0.2) is 51.9 Å². The van der Waals surface area contributed by atoms with Gasteiger partial charge in [0.15, 0.2) is 0 Å². The van der Waals surface area contributed by atoms with Gasteiger partial charge in [-0.25, -0.2) is 0 Å². The van der Waals surface area contributed by atoms with Gasteiger partial charge in [0.2, 0.25) is 0 Å². The maximum absolute atomic E-state index is 4.55. The smallest absolute Gasteiger partial charge is 1.00 e. The van der Waals surface area contributed by atoms with Crippen LogP contribution < -0.4 is 24.8 Å². The second-order valence-corrected chi connectivity index (χ2v) is 8.43. The molecule has 3 rings (SSSR count). The van der Waals surface area contributed by atoms with E-state index in [1.165, 1.54) is 16.7 Å². The Morgan fingerprint density at radius 3 is 2.63 bits per heavy atom. The molecule has 0 bridgehead atoms. The summed E-state index contributed by atoms with van der Waals surface area (Å²) in [5.41, 5.74) is 4.32. The van der Waals surface area contributed by atoms with Crippen LogP contribution in [-0.4, -0.2) is 4.82 Å². The van der Waals surface area contributed by atoms with E-state index in [4.69, 9.17) is 0 Å². The van der Waals surface area contributed by atoms with Crippen molar-refractivity contribution in [3.05, 3.63) is 63.1 Å². The van der Waals surface area contributed by atoms with E-state index < -0.39 is 17.4 Å². The molecule has 0 amide bonds. The van der Waals surface area contributed by atoms with Gasteiger partial charge >= 0.3 is 109 Å². The van der Waals surface area contributed by atoms with Crippen LogP contribution in [0.25, 0.3) is 6.08 Å². The first kappa shape index (κ1) is 16.7. The van der Waals surface area contributed by atoms with Crippen LogP contribution >= 0.6 is 0 Å². The Hall–Kier alpha value is -0.396. The Morgan fingerprint density at radius 2 is 1.95 bits per heavy atom. The zero-order chi connectivity index (χ0) is 11.8. The minimum Gasteiger partial charge on any atom is -1.00 e. The van der Waals surface area contributed by atoms with E-state index in [2.05, 4.69) is 60.3 Å². The molecule has 1 unspecified atom stereocenters. The maximum Gasteiger partial charge on any atom is -1.00 e. The van der Waals surface area contributed by atoms with E-state index in [1.54, 1.807) is 3.88 Å². The van der Waals surface area contributed by atoms with E-state index >= 15 is 0 Å². The molecule has 2 aliphatic rings. The van der Waals surface area contributed by atoms with Crippen molar-refractivity contribution in [1.29, 1.82) is 0 Å². The van der Waals surface area contributed by atoms with Gasteiger partial charge in [0.1, 0.15) is 0 Å². The molecule has 0 saturated carbocycles. The number of hydrogen-bond donors (Lipinski definition) is 0. The predicted octanol–water partition coefficient (Wildman–Crippen LogP) is -1.95. The van der Waals surface area contributed by atoms with Crippen LogP contribution in [0.4, 0.5) is 0 Å². The van der Waals surface area contributed by atoms with Gasteiger partial charge in [-0.3, -0.25) is 0 Å². The molecule has 0 heterocycles. The number of rotatable bonds is 2. The number of fused-ring (bicyclic) bond motifs is 1. The van der Waals surface area contributed by atoms with Crippen molar-refractivity contribution in [2.24, 2.45) is 0 Å². The fourth-order valence-corrected chi connectivity index (χ4v) is 5.99. The number of benzene rings is 1. The Kier molecular flexibility index (Phi) is 6.01. The molecule has 2 aliphatic carbocycles. The first-order valence-electron chi connectivity index (χ1n) is 6.09. The van der Waals surface area contributed by atoms with Crippen LogP contribution in [0.1, 0.15) is 28.7 Å². The summed E-state index contributed by atoms with van der Waals surface area (Å²) in [5, 5.41) is 0. The Labute approximate surface area is 133 Å². The van der Waals surface area contributed by atoms with E-state index in [-0.39, 0.29) is 24.8 Å². The molecule has 0 nitrogen and oxygen atoms in total. The molecule has 1 aromatic rings. The molecule has 0 fully saturated rings. The largest absolute Gasteiger partial charge is 1.00 e. The van der Waals surface area contributed by atoms with Gasteiger partial charge in [-0.15, -0.1) is 0 Å². The molecule has 0 saturated heterocycles. The molecule has 1 atom stereocenters. The van der Waals surface area contributed by atoms with Crippen molar-refractivity contribution in [3.8, 4) is 0 Å². The zero-order valence-corrected chi connectivity index (χ0v) is 13.9. The minimum atomic E-state index is -1.41. The normalized spacial score (nSPS) is 18.4. The first-order chi connectivity index (χ1) is 8.25. The molecule has 0 aliphatic heterocycles. The third-order valence-electron chi connectivity index (χ3n) is 3.63. The quantitative estimate of drug-likeness (QED) is 0.554. The standard InChI is InChI=1S/C9H7.C6H7.CH2.2ClH.Ti/c1-2-5-9-7-3-6-8(9)4-1;1-6-4-2-3-5-6;;;;/h1-7H;4-5H,2H2,1H3;1H2;2*1H;/q;;;;;+2/p-2. The summed E-state index contributed by atoms with van der Waals surface area (Å²) in [4.78, 5) is 4.55. The molecular weight excluding hydrogens is 311 g/mol. The molecule has 0 radical (unpaired) electrons. The van der Waals surface area contributed by atoms with E-state index in [9.17, 15) is 0 Å². The van der Waals surface area contributed by atoms with Crippen LogP contribution in [0.5, 0.6) is 0 Å². The van der Waals surface area contributed by atoms with E-state index in [0.717, 1.165) is 6.42 Å². The van der Waals surface area contributed by atoms with E-state index in [1.807, 2.05) is 0 Å². The fourth-order valence-electron chi connectivity index (χ4n) is 2.64. The van der Waals surface area contributed by atoms with Crippen molar-refractivity contribution in [2.75, 3.05) is 0 Å². The van der Waals surface area contributed by atoms with Crippen LogP contribution in [0.3, 0.4) is 0 Å². The van der Waals surface area contributed by atoms with Gasteiger partial charge in [0, 0.05) is 0 Å². The number of halogens is 2. The van der Waals surface area contributed by atoms with Crippen molar-refractivity contribution in [1.82, 2.24) is 0 Å². The summed E-state index contributed by atoms with van der Waals surface area (Å²) in [5.74, 6) is 0. The van der Waals surface area contributed by atoms with Crippen LogP contribution in [0.2, 0.25) is 0 Å².